The first-order valence-corrected chi connectivity index (χ1v) is 15.7. The Morgan fingerprint density at radius 1 is 0.511 bits per heavy atom. The van der Waals surface area contributed by atoms with Crippen LogP contribution in [0.1, 0.15) is 36.1 Å². The molecule has 6 aromatic rings. The van der Waals surface area contributed by atoms with Gasteiger partial charge in [-0.1, -0.05) is 97.8 Å². The first kappa shape index (κ1) is 26.2. The summed E-state index contributed by atoms with van der Waals surface area (Å²) in [7, 11) is 0. The average molecular weight is 582 g/mol. The summed E-state index contributed by atoms with van der Waals surface area (Å²) in [6, 6.07) is 43.7. The van der Waals surface area contributed by atoms with Crippen LogP contribution in [0.25, 0.3) is 11.1 Å². The molecule has 2 heterocycles. The van der Waals surface area contributed by atoms with Gasteiger partial charge in [-0.05, 0) is 83.4 Å². The summed E-state index contributed by atoms with van der Waals surface area (Å²) in [6.07, 6.45) is 0. The van der Waals surface area contributed by atoms with E-state index in [0.717, 1.165) is 45.5 Å². The van der Waals surface area contributed by atoms with Crippen molar-refractivity contribution in [2.24, 2.45) is 0 Å². The molecule has 0 atom stereocenters. The maximum Gasteiger partial charge on any atom is 0.260 e. The van der Waals surface area contributed by atoms with Crippen LogP contribution < -0.4 is 30.8 Å². The maximum atomic E-state index is 6.73. The first-order valence-electron chi connectivity index (χ1n) is 15.7. The second kappa shape index (κ2) is 9.39. The Labute approximate surface area is 264 Å². The van der Waals surface area contributed by atoms with Gasteiger partial charge in [0.05, 0.1) is 5.69 Å². The number of ether oxygens (including phenoxy) is 2. The smallest absolute Gasteiger partial charge is 0.260 e. The highest BCUT2D eigenvalue weighted by Crippen LogP contribution is 2.51. The molecule has 0 fully saturated rings. The number of hydrogen-bond acceptors (Lipinski definition) is 3. The first-order chi connectivity index (χ1) is 21.9. The van der Waals surface area contributed by atoms with Crippen LogP contribution in [0, 0.1) is 13.8 Å². The van der Waals surface area contributed by atoms with Gasteiger partial charge in [0.25, 0.3) is 6.71 Å². The van der Waals surface area contributed by atoms with Gasteiger partial charge in [0.15, 0.2) is 0 Å². The molecule has 0 amide bonds. The van der Waals surface area contributed by atoms with Crippen molar-refractivity contribution in [2.45, 2.75) is 33.1 Å². The molecule has 0 radical (unpaired) electrons. The Morgan fingerprint density at radius 3 is 1.78 bits per heavy atom. The van der Waals surface area contributed by atoms with Gasteiger partial charge < -0.3 is 14.4 Å². The highest BCUT2D eigenvalue weighted by molar-refractivity contribution is 6.98. The van der Waals surface area contributed by atoms with E-state index in [4.69, 9.17) is 9.47 Å². The summed E-state index contributed by atoms with van der Waals surface area (Å²) in [4.78, 5) is 2.33. The van der Waals surface area contributed by atoms with Crippen LogP contribution in [0.5, 0.6) is 23.0 Å². The number of anilines is 3. The summed E-state index contributed by atoms with van der Waals surface area (Å²) in [6.45, 7) is 8.99. The van der Waals surface area contributed by atoms with E-state index >= 15 is 0 Å². The molecule has 45 heavy (non-hydrogen) atoms. The van der Waals surface area contributed by atoms with E-state index < -0.39 is 0 Å². The molecular weight excluding hydrogens is 549 g/mol. The van der Waals surface area contributed by atoms with Gasteiger partial charge in [-0.3, -0.25) is 0 Å². The molecule has 0 saturated heterocycles. The minimum absolute atomic E-state index is 0.0424. The largest absolute Gasteiger partial charge is 0.458 e. The summed E-state index contributed by atoms with van der Waals surface area (Å²) in [5.74, 6) is 3.48. The molecule has 0 bridgehead atoms. The van der Waals surface area contributed by atoms with Crippen molar-refractivity contribution in [3.8, 4) is 34.1 Å². The van der Waals surface area contributed by atoms with Crippen LogP contribution in [-0.4, -0.2) is 6.71 Å². The summed E-state index contributed by atoms with van der Waals surface area (Å²) >= 11 is 0. The Bertz CT molecular complexity index is 2110. The van der Waals surface area contributed by atoms with Crippen LogP contribution in [0.2, 0.25) is 0 Å². The van der Waals surface area contributed by atoms with E-state index in [1.807, 2.05) is 0 Å². The Kier molecular flexibility index (Phi) is 5.47. The third-order valence-corrected chi connectivity index (χ3v) is 9.87. The molecule has 0 unspecified atom stereocenters. The zero-order chi connectivity index (χ0) is 30.4. The van der Waals surface area contributed by atoms with Crippen molar-refractivity contribution in [3.05, 3.63) is 144 Å². The fourth-order valence-electron chi connectivity index (χ4n) is 7.71. The van der Waals surface area contributed by atoms with Crippen LogP contribution in [0.4, 0.5) is 17.1 Å². The molecule has 1 aliphatic carbocycles. The van der Waals surface area contributed by atoms with Crippen LogP contribution in [0.3, 0.4) is 0 Å². The SMILES string of the molecule is Cc1ccc2c(c1)B1c3cc(C)ccc3Oc3cc(N(c4ccccc4)c4ccc5c(c4)C(C)(C)c4ccccc4-5)cc(c31)O2. The van der Waals surface area contributed by atoms with Crippen LogP contribution >= 0.6 is 0 Å². The second-order valence-corrected chi connectivity index (χ2v) is 13.1. The highest BCUT2D eigenvalue weighted by Gasteiger charge is 2.41. The van der Waals surface area contributed by atoms with E-state index in [-0.39, 0.29) is 12.1 Å². The molecule has 0 aromatic heterocycles. The van der Waals surface area contributed by atoms with Gasteiger partial charge in [-0.2, -0.15) is 0 Å². The number of para-hydroxylation sites is 1. The lowest BCUT2D eigenvalue weighted by atomic mass is 9.34. The standard InChI is InChI=1S/C41H32BNO2/c1-25-14-18-36-34(20-25)42-35-21-26(2)15-19-37(35)45-39-24-29(23-38(44-36)40(39)42)43(27-10-6-5-7-11-27)28-16-17-31-30-12-8-9-13-32(30)41(3,4)33(31)22-28/h5-24H,1-4H3. The quantitative estimate of drug-likeness (QED) is 0.195. The van der Waals surface area contributed by atoms with E-state index in [2.05, 4.69) is 154 Å². The monoisotopic (exact) mass is 581 g/mol. The number of nitrogens with zero attached hydrogens (tertiary/aromatic N) is 1. The minimum atomic E-state index is -0.102. The number of hydrogen-bond donors (Lipinski definition) is 0. The number of fused-ring (bicyclic) bond motifs is 7. The maximum absolute atomic E-state index is 6.73. The van der Waals surface area contributed by atoms with Crippen LogP contribution in [0.15, 0.2) is 121 Å². The molecule has 3 aliphatic rings. The summed E-state index contributed by atoms with van der Waals surface area (Å²) in [5, 5.41) is 0. The molecule has 0 spiro atoms. The third-order valence-electron chi connectivity index (χ3n) is 9.87. The van der Waals surface area contributed by atoms with E-state index in [0.29, 0.717) is 0 Å². The van der Waals surface area contributed by atoms with E-state index in [9.17, 15) is 0 Å². The fourth-order valence-corrected chi connectivity index (χ4v) is 7.71. The number of rotatable bonds is 3. The molecule has 9 rings (SSSR count). The summed E-state index contributed by atoms with van der Waals surface area (Å²) in [5.41, 5.74) is 14.3. The van der Waals surface area contributed by atoms with Gasteiger partial charge in [0.1, 0.15) is 23.0 Å². The van der Waals surface area contributed by atoms with Gasteiger partial charge in [0, 0.05) is 34.4 Å². The molecule has 2 aliphatic heterocycles. The minimum Gasteiger partial charge on any atom is -0.458 e. The zero-order valence-electron chi connectivity index (χ0n) is 25.9. The molecule has 4 heteroatoms. The second-order valence-electron chi connectivity index (χ2n) is 13.1. The van der Waals surface area contributed by atoms with Crippen molar-refractivity contribution in [2.75, 3.05) is 4.90 Å². The molecule has 0 saturated carbocycles. The normalized spacial score (nSPS) is 14.3. The molecule has 3 nitrogen and oxygen atoms in total. The predicted molar refractivity (Wildman–Crippen MR) is 186 cm³/mol. The predicted octanol–water partition coefficient (Wildman–Crippen LogP) is 8.81. The Hall–Kier alpha value is -5.22. The topological polar surface area (TPSA) is 21.7 Å². The van der Waals surface area contributed by atoms with Gasteiger partial charge >= 0.3 is 0 Å². The lowest BCUT2D eigenvalue weighted by Crippen LogP contribution is -2.57. The number of aryl methyl sites for hydroxylation is 2. The van der Waals surface area contributed by atoms with Crippen molar-refractivity contribution < 1.29 is 9.47 Å². The molecule has 6 aromatic carbocycles. The molecular formula is C41H32BNO2. The van der Waals surface area contributed by atoms with Gasteiger partial charge in [-0.15, -0.1) is 0 Å². The Morgan fingerprint density at radius 2 is 1.11 bits per heavy atom. The van der Waals surface area contributed by atoms with Crippen molar-refractivity contribution >= 4 is 40.2 Å². The number of benzene rings is 6. The van der Waals surface area contributed by atoms with Gasteiger partial charge in [-0.25, -0.2) is 0 Å². The lowest BCUT2D eigenvalue weighted by Gasteiger charge is -2.35. The highest BCUT2D eigenvalue weighted by atomic mass is 16.5. The lowest BCUT2D eigenvalue weighted by molar-refractivity contribution is 0.464. The molecule has 0 N–H and O–H groups in total. The zero-order valence-corrected chi connectivity index (χ0v) is 25.9. The van der Waals surface area contributed by atoms with Crippen molar-refractivity contribution in [1.82, 2.24) is 0 Å². The average Bonchev–Trinajstić information content (AvgIpc) is 3.28. The molecule has 216 valence electrons. The van der Waals surface area contributed by atoms with Crippen molar-refractivity contribution in [3.63, 3.8) is 0 Å². The fraction of sp³-hybridized carbons (Fsp3) is 0.122. The third kappa shape index (κ3) is 3.85. The van der Waals surface area contributed by atoms with Gasteiger partial charge in [0.2, 0.25) is 0 Å². The Balaban J connectivity index is 1.25. The van der Waals surface area contributed by atoms with E-state index in [1.54, 1.807) is 0 Å². The summed E-state index contributed by atoms with van der Waals surface area (Å²) < 4.78 is 13.5. The van der Waals surface area contributed by atoms with E-state index in [1.165, 1.54) is 44.3 Å². The van der Waals surface area contributed by atoms with Crippen LogP contribution in [-0.2, 0) is 5.41 Å². The van der Waals surface area contributed by atoms with Crippen molar-refractivity contribution in [1.29, 1.82) is 0 Å².